The number of hydrogen-bond acceptors (Lipinski definition) is 5. The molecule has 5 nitrogen and oxygen atoms in total. The summed E-state index contributed by atoms with van der Waals surface area (Å²) < 4.78 is 5.80. The molecule has 0 unspecified atom stereocenters. The highest BCUT2D eigenvalue weighted by Crippen LogP contribution is 2.30. The zero-order valence-electron chi connectivity index (χ0n) is 20.1. The lowest BCUT2D eigenvalue weighted by molar-refractivity contribution is 0.0515. The molecule has 33 heavy (non-hydrogen) atoms. The van der Waals surface area contributed by atoms with Gasteiger partial charge in [0.15, 0.2) is 0 Å². The van der Waals surface area contributed by atoms with Crippen molar-refractivity contribution in [1.82, 2.24) is 0 Å². The van der Waals surface area contributed by atoms with Crippen molar-refractivity contribution >= 4 is 11.7 Å². The molecule has 0 aromatic heterocycles. The summed E-state index contributed by atoms with van der Waals surface area (Å²) in [5.74, 6) is 0.564. The van der Waals surface area contributed by atoms with Gasteiger partial charge in [0.1, 0.15) is 11.5 Å². The van der Waals surface area contributed by atoms with E-state index in [2.05, 4.69) is 12.1 Å². The van der Waals surface area contributed by atoms with Crippen molar-refractivity contribution in [2.45, 2.75) is 84.5 Å². The van der Waals surface area contributed by atoms with Gasteiger partial charge in [-0.2, -0.15) is 0 Å². The second-order valence-corrected chi connectivity index (χ2v) is 8.85. The predicted octanol–water partition coefficient (Wildman–Crippen LogP) is 7.12. The fourth-order valence-corrected chi connectivity index (χ4v) is 4.26. The molecule has 0 saturated heterocycles. The first-order valence-corrected chi connectivity index (χ1v) is 12.4. The van der Waals surface area contributed by atoms with Gasteiger partial charge >= 0.3 is 5.97 Å². The van der Waals surface area contributed by atoms with Gasteiger partial charge in [-0.05, 0) is 80.1 Å². The SMILES string of the molecule is CCCCCCCCCCOc1ccc(C(=O)O/N=C2/CCCc3c2ccc(O)c3C)cc1. The average molecular weight is 452 g/mol. The van der Waals surface area contributed by atoms with Gasteiger partial charge in [-0.3, -0.25) is 0 Å². The molecule has 2 aromatic carbocycles. The molecule has 0 bridgehead atoms. The van der Waals surface area contributed by atoms with Crippen LogP contribution in [0.4, 0.5) is 0 Å². The van der Waals surface area contributed by atoms with Gasteiger partial charge in [0, 0.05) is 5.56 Å². The second kappa shape index (κ2) is 13.0. The summed E-state index contributed by atoms with van der Waals surface area (Å²) in [4.78, 5) is 17.7. The first-order chi connectivity index (χ1) is 16.1. The summed E-state index contributed by atoms with van der Waals surface area (Å²) in [5.41, 5.74) is 4.09. The Morgan fingerprint density at radius 2 is 1.64 bits per heavy atom. The average Bonchev–Trinajstić information content (AvgIpc) is 2.84. The van der Waals surface area contributed by atoms with E-state index in [0.29, 0.717) is 12.2 Å². The van der Waals surface area contributed by atoms with E-state index in [4.69, 9.17) is 9.57 Å². The monoisotopic (exact) mass is 451 g/mol. The summed E-state index contributed by atoms with van der Waals surface area (Å²) in [7, 11) is 0. The number of aromatic hydroxyl groups is 1. The Hall–Kier alpha value is -2.82. The maximum atomic E-state index is 12.4. The number of unbranched alkanes of at least 4 members (excludes halogenated alkanes) is 7. The minimum atomic E-state index is -0.486. The van der Waals surface area contributed by atoms with E-state index in [1.54, 1.807) is 30.3 Å². The van der Waals surface area contributed by atoms with E-state index in [9.17, 15) is 9.90 Å². The molecule has 178 valence electrons. The lowest BCUT2D eigenvalue weighted by atomic mass is 9.87. The van der Waals surface area contributed by atoms with Gasteiger partial charge in [0.2, 0.25) is 0 Å². The molecule has 0 atom stereocenters. The van der Waals surface area contributed by atoms with Crippen LogP contribution in [-0.4, -0.2) is 23.4 Å². The topological polar surface area (TPSA) is 68.1 Å². The lowest BCUT2D eigenvalue weighted by Gasteiger charge is -2.19. The van der Waals surface area contributed by atoms with Crippen molar-refractivity contribution < 1.29 is 19.5 Å². The Balaban J connectivity index is 1.43. The number of ether oxygens (including phenoxy) is 1. The highest BCUT2D eigenvalue weighted by molar-refractivity contribution is 6.03. The lowest BCUT2D eigenvalue weighted by Crippen LogP contribution is -2.14. The second-order valence-electron chi connectivity index (χ2n) is 8.85. The molecule has 2 aromatic rings. The van der Waals surface area contributed by atoms with Crippen LogP contribution in [-0.2, 0) is 11.3 Å². The molecule has 0 radical (unpaired) electrons. The zero-order valence-corrected chi connectivity index (χ0v) is 20.1. The molecule has 3 rings (SSSR count). The number of carbonyl (C=O) groups is 1. The summed E-state index contributed by atoms with van der Waals surface area (Å²) in [6.45, 7) is 4.84. The van der Waals surface area contributed by atoms with Crippen LogP contribution in [0.5, 0.6) is 11.5 Å². The largest absolute Gasteiger partial charge is 0.508 e. The van der Waals surface area contributed by atoms with Crippen molar-refractivity contribution in [3.8, 4) is 11.5 Å². The molecule has 0 amide bonds. The molecule has 1 aliphatic rings. The number of nitrogens with zero attached hydrogens (tertiary/aromatic N) is 1. The number of benzene rings is 2. The fraction of sp³-hybridized carbons (Fsp3) is 0.500. The number of rotatable bonds is 12. The van der Waals surface area contributed by atoms with Crippen LogP contribution in [0.3, 0.4) is 0 Å². The molecule has 0 aliphatic heterocycles. The standard InChI is InChI=1S/C28H37NO4/c1-3-4-5-6-7-8-9-10-20-32-23-16-14-22(15-17-23)28(31)33-29-26-13-11-12-24-21(2)27(30)19-18-25(24)26/h14-19,30H,3-13,20H2,1-2H3/b29-26-. The quantitative estimate of drug-likeness (QED) is 0.212. The maximum absolute atomic E-state index is 12.4. The van der Waals surface area contributed by atoms with Crippen molar-refractivity contribution in [1.29, 1.82) is 0 Å². The number of phenolic OH excluding ortho intramolecular Hbond substituents is 1. The number of oxime groups is 1. The van der Waals surface area contributed by atoms with Crippen molar-refractivity contribution in [3.05, 3.63) is 58.7 Å². The van der Waals surface area contributed by atoms with Gasteiger partial charge in [-0.1, -0.05) is 57.0 Å². The van der Waals surface area contributed by atoms with Gasteiger partial charge < -0.3 is 14.7 Å². The Morgan fingerprint density at radius 1 is 0.939 bits per heavy atom. The Labute approximate surface area is 197 Å². The van der Waals surface area contributed by atoms with Crippen LogP contribution in [0.2, 0.25) is 0 Å². The van der Waals surface area contributed by atoms with Crippen LogP contribution in [0.1, 0.15) is 98.2 Å². The molecule has 0 spiro atoms. The van der Waals surface area contributed by atoms with Crippen molar-refractivity contribution in [2.24, 2.45) is 5.16 Å². The van der Waals surface area contributed by atoms with E-state index in [1.807, 2.05) is 13.0 Å². The first-order valence-electron chi connectivity index (χ1n) is 12.4. The molecule has 5 heteroatoms. The van der Waals surface area contributed by atoms with Crippen LogP contribution in [0, 0.1) is 6.92 Å². The summed E-state index contributed by atoms with van der Waals surface area (Å²) in [6, 6.07) is 10.5. The van der Waals surface area contributed by atoms with Crippen LogP contribution >= 0.6 is 0 Å². The van der Waals surface area contributed by atoms with Crippen molar-refractivity contribution in [2.75, 3.05) is 6.61 Å². The Morgan fingerprint density at radius 3 is 2.36 bits per heavy atom. The Kier molecular flexibility index (Phi) is 9.79. The number of carbonyl (C=O) groups excluding carboxylic acids is 1. The van der Waals surface area contributed by atoms with E-state index in [0.717, 1.165) is 53.8 Å². The summed E-state index contributed by atoms with van der Waals surface area (Å²) in [6.07, 6.45) is 12.7. The molecule has 1 N–H and O–H groups in total. The molecule has 1 aliphatic carbocycles. The number of hydrogen-bond donors (Lipinski definition) is 1. The van der Waals surface area contributed by atoms with E-state index < -0.39 is 5.97 Å². The third kappa shape index (κ3) is 7.34. The van der Waals surface area contributed by atoms with Gasteiger partial charge in [0.05, 0.1) is 17.9 Å². The van der Waals surface area contributed by atoms with Gasteiger partial charge in [0.25, 0.3) is 0 Å². The highest BCUT2D eigenvalue weighted by Gasteiger charge is 2.20. The fourth-order valence-electron chi connectivity index (χ4n) is 4.26. The summed E-state index contributed by atoms with van der Waals surface area (Å²) in [5, 5.41) is 14.1. The molecule has 0 heterocycles. The van der Waals surface area contributed by atoms with Crippen LogP contribution in [0.15, 0.2) is 41.6 Å². The molecule has 0 saturated carbocycles. The number of fused-ring (bicyclic) bond motifs is 1. The molecule has 0 fully saturated rings. The van der Waals surface area contributed by atoms with Crippen LogP contribution in [0.25, 0.3) is 0 Å². The highest BCUT2D eigenvalue weighted by atomic mass is 16.7. The smallest absolute Gasteiger partial charge is 0.365 e. The van der Waals surface area contributed by atoms with E-state index >= 15 is 0 Å². The zero-order chi connectivity index (χ0) is 23.5. The van der Waals surface area contributed by atoms with E-state index in [-0.39, 0.29) is 5.75 Å². The minimum Gasteiger partial charge on any atom is -0.508 e. The normalized spacial score (nSPS) is 14.2. The van der Waals surface area contributed by atoms with Crippen molar-refractivity contribution in [3.63, 3.8) is 0 Å². The molecular formula is C28H37NO4. The minimum absolute atomic E-state index is 0.289. The maximum Gasteiger partial charge on any atom is 0.365 e. The predicted molar refractivity (Wildman–Crippen MR) is 132 cm³/mol. The number of phenols is 1. The molecular weight excluding hydrogens is 414 g/mol. The van der Waals surface area contributed by atoms with E-state index in [1.165, 1.54) is 44.9 Å². The summed E-state index contributed by atoms with van der Waals surface area (Å²) >= 11 is 0. The van der Waals surface area contributed by atoms with Crippen LogP contribution < -0.4 is 4.74 Å². The Bertz CT molecular complexity index is 934. The van der Waals surface area contributed by atoms with Gasteiger partial charge in [-0.15, -0.1) is 0 Å². The third-order valence-corrected chi connectivity index (χ3v) is 6.32. The first kappa shape index (κ1) is 24.8. The van der Waals surface area contributed by atoms with Gasteiger partial charge in [-0.25, -0.2) is 4.79 Å². The third-order valence-electron chi connectivity index (χ3n) is 6.32.